The molecule has 0 aliphatic heterocycles. The van der Waals surface area contributed by atoms with E-state index in [1.165, 1.54) is 18.2 Å². The number of amides is 1. The summed E-state index contributed by atoms with van der Waals surface area (Å²) in [6.45, 7) is 0. The minimum atomic E-state index is -2.65. The molecule has 3 nitrogen and oxygen atoms in total. The fourth-order valence-corrected chi connectivity index (χ4v) is 4.96. The number of fused-ring (bicyclic) bond motifs is 1. The Hall–Kier alpha value is -2.90. The van der Waals surface area contributed by atoms with Gasteiger partial charge in [-0.15, -0.1) is 0 Å². The Balaban J connectivity index is 1.35. The number of nitrogens with one attached hydrogen (secondary N) is 2. The first-order valence-corrected chi connectivity index (χ1v) is 10.6. The van der Waals surface area contributed by atoms with Crippen molar-refractivity contribution in [1.29, 1.82) is 0 Å². The number of carbonyl (C=O) groups excluding carboxylic acids is 1. The number of H-pyrrole nitrogens is 1. The Morgan fingerprint density at radius 3 is 2.38 bits per heavy atom. The zero-order chi connectivity index (χ0) is 22.6. The summed E-state index contributed by atoms with van der Waals surface area (Å²) < 4.78 is 67.7. The number of benzene rings is 2. The van der Waals surface area contributed by atoms with Crippen molar-refractivity contribution in [3.63, 3.8) is 0 Å². The van der Waals surface area contributed by atoms with Crippen LogP contribution in [0.4, 0.5) is 22.0 Å². The molecule has 0 atom stereocenters. The summed E-state index contributed by atoms with van der Waals surface area (Å²) in [6, 6.07) is 7.71. The van der Waals surface area contributed by atoms with Gasteiger partial charge in [0.15, 0.2) is 0 Å². The van der Waals surface area contributed by atoms with Crippen molar-refractivity contribution in [2.24, 2.45) is 5.92 Å². The van der Waals surface area contributed by atoms with E-state index < -0.39 is 23.4 Å². The summed E-state index contributed by atoms with van der Waals surface area (Å²) in [5, 5.41) is 3.30. The number of aromatic amines is 1. The number of hydrogen-bond acceptors (Lipinski definition) is 1. The van der Waals surface area contributed by atoms with Crippen molar-refractivity contribution >= 4 is 16.8 Å². The van der Waals surface area contributed by atoms with Gasteiger partial charge in [-0.3, -0.25) is 4.79 Å². The standard InChI is InChI=1S/C24H21F5N2O/c25-15-3-1-13(2-4-15)22-21(18-8-16(26)9-19(27)23(18)31-22)14-6-17(7-14)30-20(32)5-12-10-24(28,29)11-12/h1-4,8-9,12,14,17,31H,5-7,10-11H2,(H,30,32)/t14-,17+. The Morgan fingerprint density at radius 2 is 1.72 bits per heavy atom. The van der Waals surface area contributed by atoms with Crippen molar-refractivity contribution in [2.75, 3.05) is 0 Å². The lowest BCUT2D eigenvalue weighted by Crippen LogP contribution is -2.45. The van der Waals surface area contributed by atoms with Crippen molar-refractivity contribution < 1.29 is 26.7 Å². The molecule has 8 heteroatoms. The molecule has 32 heavy (non-hydrogen) atoms. The second-order valence-electron chi connectivity index (χ2n) is 9.00. The Labute approximate surface area is 181 Å². The zero-order valence-electron chi connectivity index (χ0n) is 17.0. The number of halogens is 5. The second-order valence-corrected chi connectivity index (χ2v) is 9.00. The van der Waals surface area contributed by atoms with Gasteiger partial charge in [-0.25, -0.2) is 22.0 Å². The molecule has 0 saturated heterocycles. The third kappa shape index (κ3) is 3.87. The number of hydrogen-bond donors (Lipinski definition) is 2. The summed E-state index contributed by atoms with van der Waals surface area (Å²) in [6.07, 6.45) is 0.710. The van der Waals surface area contributed by atoms with E-state index in [1.54, 1.807) is 12.1 Å². The molecule has 2 aromatic carbocycles. The molecular formula is C24H21F5N2O. The Morgan fingerprint density at radius 1 is 1.03 bits per heavy atom. The van der Waals surface area contributed by atoms with Gasteiger partial charge < -0.3 is 10.3 Å². The molecule has 1 aromatic heterocycles. The highest BCUT2D eigenvalue weighted by atomic mass is 19.3. The average molecular weight is 448 g/mol. The summed E-state index contributed by atoms with van der Waals surface area (Å²) in [5.41, 5.74) is 2.15. The third-order valence-corrected chi connectivity index (χ3v) is 6.56. The highest BCUT2D eigenvalue weighted by Gasteiger charge is 2.46. The van der Waals surface area contributed by atoms with E-state index in [4.69, 9.17) is 0 Å². The van der Waals surface area contributed by atoms with Crippen molar-refractivity contribution in [2.45, 2.75) is 50.0 Å². The summed E-state index contributed by atoms with van der Waals surface area (Å²) in [4.78, 5) is 15.2. The van der Waals surface area contributed by atoms with Crippen molar-refractivity contribution in [3.8, 4) is 11.3 Å². The van der Waals surface area contributed by atoms with Crippen LogP contribution in [-0.4, -0.2) is 22.9 Å². The van der Waals surface area contributed by atoms with Gasteiger partial charge in [0, 0.05) is 36.8 Å². The minimum absolute atomic E-state index is 0.0664. The predicted octanol–water partition coefficient (Wildman–Crippen LogP) is 6.05. The summed E-state index contributed by atoms with van der Waals surface area (Å²) in [7, 11) is 0. The largest absolute Gasteiger partial charge is 0.353 e. The molecule has 5 rings (SSSR count). The maximum atomic E-state index is 14.4. The van der Waals surface area contributed by atoms with Crippen LogP contribution in [-0.2, 0) is 4.79 Å². The van der Waals surface area contributed by atoms with E-state index in [1.807, 2.05) is 0 Å². The first kappa shape index (κ1) is 21.0. The second kappa shape index (κ2) is 7.60. The third-order valence-electron chi connectivity index (χ3n) is 6.56. The number of carbonyl (C=O) groups is 1. The molecule has 1 heterocycles. The maximum absolute atomic E-state index is 14.4. The van der Waals surface area contributed by atoms with Crippen LogP contribution in [0.15, 0.2) is 36.4 Å². The SMILES string of the molecule is O=C(CC1CC(F)(F)C1)N[C@H]1C[C@@H](c2c(-c3ccc(F)cc3)[nH]c3c(F)cc(F)cc32)C1. The van der Waals surface area contributed by atoms with Crippen LogP contribution in [0.3, 0.4) is 0 Å². The first-order chi connectivity index (χ1) is 15.2. The molecule has 2 aliphatic rings. The molecule has 2 aliphatic carbocycles. The summed E-state index contributed by atoms with van der Waals surface area (Å²) in [5.74, 6) is -5.06. The molecule has 0 spiro atoms. The molecule has 2 N–H and O–H groups in total. The van der Waals surface area contributed by atoms with E-state index in [0.29, 0.717) is 29.5 Å². The topological polar surface area (TPSA) is 44.9 Å². The van der Waals surface area contributed by atoms with E-state index in [-0.39, 0.29) is 48.6 Å². The quantitative estimate of drug-likeness (QED) is 0.459. The van der Waals surface area contributed by atoms with Crippen molar-refractivity contribution in [3.05, 3.63) is 59.4 Å². The smallest absolute Gasteiger partial charge is 0.248 e. The van der Waals surface area contributed by atoms with Crippen LogP contribution < -0.4 is 5.32 Å². The fourth-order valence-electron chi connectivity index (χ4n) is 4.96. The fraction of sp³-hybridized carbons (Fsp3) is 0.375. The van der Waals surface area contributed by atoms with Crippen molar-refractivity contribution in [1.82, 2.24) is 10.3 Å². The first-order valence-electron chi connectivity index (χ1n) is 10.6. The van der Waals surface area contributed by atoms with Gasteiger partial charge in [0.05, 0.1) is 11.2 Å². The number of alkyl halides is 2. The molecule has 168 valence electrons. The van der Waals surface area contributed by atoms with E-state index >= 15 is 0 Å². The molecule has 2 fully saturated rings. The van der Waals surface area contributed by atoms with Gasteiger partial charge >= 0.3 is 0 Å². The van der Waals surface area contributed by atoms with E-state index in [2.05, 4.69) is 10.3 Å². The lowest BCUT2D eigenvalue weighted by atomic mass is 9.74. The Kier molecular flexibility index (Phi) is 4.98. The van der Waals surface area contributed by atoms with Gasteiger partial charge in [-0.1, -0.05) is 0 Å². The number of aromatic nitrogens is 1. The lowest BCUT2D eigenvalue weighted by molar-refractivity contribution is -0.134. The Bertz CT molecular complexity index is 1170. The minimum Gasteiger partial charge on any atom is -0.353 e. The van der Waals surface area contributed by atoms with Crippen LogP contribution in [0.2, 0.25) is 0 Å². The number of rotatable bonds is 5. The normalized spacial score (nSPS) is 22.4. The van der Waals surface area contributed by atoms with Crippen LogP contribution >= 0.6 is 0 Å². The lowest BCUT2D eigenvalue weighted by Gasteiger charge is -2.38. The van der Waals surface area contributed by atoms with Crippen LogP contribution in [0, 0.1) is 23.4 Å². The van der Waals surface area contributed by atoms with Gasteiger partial charge in [0.1, 0.15) is 17.5 Å². The van der Waals surface area contributed by atoms with E-state index in [9.17, 15) is 26.7 Å². The molecule has 1 amide bonds. The van der Waals surface area contributed by atoms with Gasteiger partial charge in [-0.2, -0.15) is 0 Å². The molecule has 0 unspecified atom stereocenters. The van der Waals surface area contributed by atoms with Crippen LogP contribution in [0.5, 0.6) is 0 Å². The van der Waals surface area contributed by atoms with Gasteiger partial charge in [0.2, 0.25) is 11.8 Å². The molecule has 0 bridgehead atoms. The zero-order valence-corrected chi connectivity index (χ0v) is 17.0. The maximum Gasteiger partial charge on any atom is 0.248 e. The molecular weight excluding hydrogens is 427 g/mol. The van der Waals surface area contributed by atoms with Gasteiger partial charge in [0.25, 0.3) is 0 Å². The van der Waals surface area contributed by atoms with Crippen LogP contribution in [0.25, 0.3) is 22.2 Å². The van der Waals surface area contributed by atoms with Gasteiger partial charge in [-0.05, 0) is 66.1 Å². The molecule has 2 saturated carbocycles. The summed E-state index contributed by atoms with van der Waals surface area (Å²) >= 11 is 0. The molecule has 3 aromatic rings. The molecule has 0 radical (unpaired) electrons. The highest BCUT2D eigenvalue weighted by molar-refractivity contribution is 5.92. The average Bonchev–Trinajstić information content (AvgIpc) is 3.02. The van der Waals surface area contributed by atoms with E-state index in [0.717, 1.165) is 11.6 Å². The monoisotopic (exact) mass is 448 g/mol. The highest BCUT2D eigenvalue weighted by Crippen LogP contribution is 2.46. The van der Waals surface area contributed by atoms with Crippen LogP contribution in [0.1, 0.15) is 43.6 Å². The predicted molar refractivity (Wildman–Crippen MR) is 110 cm³/mol.